The largest absolute Gasteiger partial charge is 0.354 e. The molecule has 0 spiro atoms. The summed E-state index contributed by atoms with van der Waals surface area (Å²) in [6.07, 6.45) is 7.61. The van der Waals surface area contributed by atoms with Crippen molar-refractivity contribution in [3.63, 3.8) is 0 Å². The summed E-state index contributed by atoms with van der Waals surface area (Å²) in [5.41, 5.74) is 0. The minimum absolute atomic E-state index is 0.112. The number of amides is 1. The summed E-state index contributed by atoms with van der Waals surface area (Å²) in [5.74, 6) is 0.112. The van der Waals surface area contributed by atoms with E-state index in [0.29, 0.717) is 6.04 Å². The maximum Gasteiger partial charge on any atom is 0.217 e. The number of carbonyl (C=O) groups excluding carboxylic acids is 1. The monoisotopic (exact) mass is 226 g/mol. The summed E-state index contributed by atoms with van der Waals surface area (Å²) in [6, 6.07) is 0.421. The molecule has 1 heterocycles. The molecule has 1 saturated heterocycles. The Hall–Kier alpha value is -0.570. The van der Waals surface area contributed by atoms with Crippen molar-refractivity contribution in [2.75, 3.05) is 19.6 Å². The Morgan fingerprint density at radius 2 is 1.94 bits per heavy atom. The van der Waals surface area contributed by atoms with Gasteiger partial charge >= 0.3 is 0 Å². The van der Waals surface area contributed by atoms with Crippen LogP contribution in [0, 0.1) is 0 Å². The first-order valence-electron chi connectivity index (χ1n) is 6.72. The lowest BCUT2D eigenvalue weighted by molar-refractivity contribution is -0.119. The van der Waals surface area contributed by atoms with Gasteiger partial charge in [0.1, 0.15) is 0 Å². The molecule has 16 heavy (non-hydrogen) atoms. The van der Waals surface area contributed by atoms with E-state index in [4.69, 9.17) is 0 Å². The summed E-state index contributed by atoms with van der Waals surface area (Å²) in [5, 5.41) is 3.01. The average Bonchev–Trinajstić information content (AvgIpc) is 2.26. The van der Waals surface area contributed by atoms with E-state index in [0.717, 1.165) is 25.9 Å². The fourth-order valence-corrected chi connectivity index (χ4v) is 2.35. The molecule has 0 atom stereocenters. The van der Waals surface area contributed by atoms with Gasteiger partial charge in [-0.25, -0.2) is 0 Å². The van der Waals surface area contributed by atoms with Crippen molar-refractivity contribution in [3.8, 4) is 0 Å². The van der Waals surface area contributed by atoms with Gasteiger partial charge in [0, 0.05) is 26.1 Å². The molecule has 1 amide bonds. The third-order valence-corrected chi connectivity index (χ3v) is 3.32. The van der Waals surface area contributed by atoms with Crippen molar-refractivity contribution in [2.24, 2.45) is 0 Å². The van der Waals surface area contributed by atoms with Crippen molar-refractivity contribution in [1.82, 2.24) is 10.2 Å². The molecular formula is C13H26N2O. The van der Waals surface area contributed by atoms with Crippen molar-refractivity contribution in [3.05, 3.63) is 0 Å². The quantitative estimate of drug-likeness (QED) is 0.704. The van der Waals surface area contributed by atoms with Crippen LogP contribution in [0.3, 0.4) is 0 Å². The molecule has 0 radical (unpaired) electrons. The molecule has 1 aliphatic rings. The first kappa shape index (κ1) is 13.5. The van der Waals surface area contributed by atoms with Crippen LogP contribution >= 0.6 is 0 Å². The van der Waals surface area contributed by atoms with E-state index in [1.54, 1.807) is 6.92 Å². The van der Waals surface area contributed by atoms with Gasteiger partial charge in [0.05, 0.1) is 0 Å². The molecule has 1 fully saturated rings. The van der Waals surface area contributed by atoms with Gasteiger partial charge in [-0.3, -0.25) is 4.79 Å². The second-order valence-corrected chi connectivity index (χ2v) is 4.88. The zero-order chi connectivity index (χ0) is 11.8. The normalized spacial score (nSPS) is 18.6. The number of likely N-dealkylation sites (tertiary alicyclic amines) is 1. The van der Waals surface area contributed by atoms with Gasteiger partial charge in [-0.15, -0.1) is 0 Å². The number of rotatable bonds is 6. The lowest BCUT2D eigenvalue weighted by Crippen LogP contribution is -2.44. The summed E-state index contributed by atoms with van der Waals surface area (Å²) in [6.45, 7) is 7.40. The summed E-state index contributed by atoms with van der Waals surface area (Å²) in [7, 11) is 0. The molecule has 1 aliphatic heterocycles. The Labute approximate surface area is 99.6 Å². The van der Waals surface area contributed by atoms with Crippen molar-refractivity contribution >= 4 is 5.91 Å². The van der Waals surface area contributed by atoms with Crippen molar-refractivity contribution < 1.29 is 4.79 Å². The fraction of sp³-hybridized carbons (Fsp3) is 0.923. The van der Waals surface area contributed by atoms with Crippen molar-refractivity contribution in [2.45, 2.75) is 58.4 Å². The van der Waals surface area contributed by atoms with E-state index >= 15 is 0 Å². The zero-order valence-electron chi connectivity index (χ0n) is 10.8. The Morgan fingerprint density at radius 1 is 1.25 bits per heavy atom. The molecule has 3 heteroatoms. The van der Waals surface area contributed by atoms with Gasteiger partial charge < -0.3 is 10.2 Å². The minimum Gasteiger partial charge on any atom is -0.354 e. The van der Waals surface area contributed by atoms with Crippen LogP contribution in [0.5, 0.6) is 0 Å². The number of nitrogens with zero attached hydrogens (tertiary/aromatic N) is 1. The van der Waals surface area contributed by atoms with Crippen LogP contribution in [-0.4, -0.2) is 36.5 Å². The number of piperidine rings is 1. The van der Waals surface area contributed by atoms with Gasteiger partial charge in [0.25, 0.3) is 0 Å². The van der Waals surface area contributed by atoms with Gasteiger partial charge in [0.2, 0.25) is 5.91 Å². The number of unbranched alkanes of at least 4 members (excludes halogenated alkanes) is 3. The van der Waals surface area contributed by atoms with Gasteiger partial charge in [-0.1, -0.05) is 26.2 Å². The number of nitrogens with one attached hydrogen (secondary N) is 1. The van der Waals surface area contributed by atoms with E-state index in [-0.39, 0.29) is 5.91 Å². The molecule has 94 valence electrons. The molecule has 1 rings (SSSR count). The standard InChI is InChI=1S/C13H26N2O/c1-3-4-5-6-9-15-10-7-13(8-11-15)14-12(2)16/h13H,3-11H2,1-2H3,(H,14,16). The van der Waals surface area contributed by atoms with E-state index < -0.39 is 0 Å². The van der Waals surface area contributed by atoms with Crippen LogP contribution in [0.25, 0.3) is 0 Å². The SMILES string of the molecule is CCCCCCN1CCC(NC(C)=O)CC1. The van der Waals surface area contributed by atoms with Crippen LogP contribution < -0.4 is 5.32 Å². The Balaban J connectivity index is 2.05. The summed E-state index contributed by atoms with van der Waals surface area (Å²) in [4.78, 5) is 13.4. The predicted molar refractivity (Wildman–Crippen MR) is 67.4 cm³/mol. The lowest BCUT2D eigenvalue weighted by atomic mass is 10.0. The Bertz CT molecular complexity index is 198. The molecule has 0 aliphatic carbocycles. The van der Waals surface area contributed by atoms with Crippen LogP contribution in [0.15, 0.2) is 0 Å². The highest BCUT2D eigenvalue weighted by Gasteiger charge is 2.18. The third-order valence-electron chi connectivity index (χ3n) is 3.32. The molecule has 0 aromatic heterocycles. The summed E-state index contributed by atoms with van der Waals surface area (Å²) < 4.78 is 0. The highest BCUT2D eigenvalue weighted by molar-refractivity contribution is 5.73. The zero-order valence-corrected chi connectivity index (χ0v) is 10.8. The molecule has 0 aromatic carbocycles. The maximum atomic E-state index is 10.9. The third kappa shape index (κ3) is 5.50. The Kier molecular flexibility index (Phi) is 6.46. The molecule has 1 N–H and O–H groups in total. The predicted octanol–water partition coefficient (Wildman–Crippen LogP) is 2.17. The number of hydrogen-bond acceptors (Lipinski definition) is 2. The molecule has 0 unspecified atom stereocenters. The van der Waals surface area contributed by atoms with Gasteiger partial charge in [-0.2, -0.15) is 0 Å². The van der Waals surface area contributed by atoms with E-state index in [9.17, 15) is 4.79 Å². The first-order valence-corrected chi connectivity index (χ1v) is 6.72. The Morgan fingerprint density at radius 3 is 2.50 bits per heavy atom. The van der Waals surface area contributed by atoms with E-state index in [1.165, 1.54) is 32.2 Å². The average molecular weight is 226 g/mol. The number of carbonyl (C=O) groups is 1. The molecule has 0 bridgehead atoms. The van der Waals surface area contributed by atoms with Gasteiger partial charge in [0.15, 0.2) is 0 Å². The van der Waals surface area contributed by atoms with Crippen molar-refractivity contribution in [1.29, 1.82) is 0 Å². The van der Waals surface area contributed by atoms with E-state index in [2.05, 4.69) is 17.1 Å². The fourth-order valence-electron chi connectivity index (χ4n) is 2.35. The summed E-state index contributed by atoms with van der Waals surface area (Å²) >= 11 is 0. The highest BCUT2D eigenvalue weighted by Crippen LogP contribution is 2.11. The van der Waals surface area contributed by atoms with E-state index in [1.807, 2.05) is 0 Å². The van der Waals surface area contributed by atoms with Crippen LogP contribution in [0.2, 0.25) is 0 Å². The van der Waals surface area contributed by atoms with Crippen LogP contribution in [0.4, 0.5) is 0 Å². The second kappa shape index (κ2) is 7.66. The highest BCUT2D eigenvalue weighted by atomic mass is 16.1. The maximum absolute atomic E-state index is 10.9. The first-order chi connectivity index (χ1) is 7.72. The molecule has 0 saturated carbocycles. The lowest BCUT2D eigenvalue weighted by Gasteiger charge is -2.32. The van der Waals surface area contributed by atoms with Gasteiger partial charge in [-0.05, 0) is 25.8 Å². The van der Waals surface area contributed by atoms with Crippen LogP contribution in [-0.2, 0) is 4.79 Å². The number of hydrogen-bond donors (Lipinski definition) is 1. The minimum atomic E-state index is 0.112. The smallest absolute Gasteiger partial charge is 0.217 e. The second-order valence-electron chi connectivity index (χ2n) is 4.88. The van der Waals surface area contributed by atoms with Crippen LogP contribution in [0.1, 0.15) is 52.4 Å². The topological polar surface area (TPSA) is 32.3 Å². The molecule has 3 nitrogen and oxygen atoms in total. The molecular weight excluding hydrogens is 200 g/mol. The molecule has 0 aromatic rings.